The molecule has 1 aromatic heterocycles. The minimum absolute atomic E-state index is 0.249. The third-order valence-electron chi connectivity index (χ3n) is 2.95. The molecule has 3 nitrogen and oxygen atoms in total. The van der Waals surface area contributed by atoms with Crippen molar-refractivity contribution in [1.82, 2.24) is 9.36 Å². The quantitative estimate of drug-likeness (QED) is 0.898. The van der Waals surface area contributed by atoms with E-state index in [1.807, 2.05) is 0 Å². The van der Waals surface area contributed by atoms with Crippen LogP contribution >= 0.6 is 11.5 Å². The van der Waals surface area contributed by atoms with Gasteiger partial charge in [0.25, 0.3) is 0 Å². The summed E-state index contributed by atoms with van der Waals surface area (Å²) in [5, 5.41) is 4.32. The summed E-state index contributed by atoms with van der Waals surface area (Å²) in [6.07, 6.45) is 0. The molecule has 96 valence electrons. The molecule has 0 radical (unpaired) electrons. The van der Waals surface area contributed by atoms with Gasteiger partial charge in [0.05, 0.1) is 6.04 Å². The molecule has 0 saturated heterocycles. The van der Waals surface area contributed by atoms with Crippen molar-refractivity contribution in [2.45, 2.75) is 39.7 Å². The molecule has 0 saturated carbocycles. The summed E-state index contributed by atoms with van der Waals surface area (Å²) in [7, 11) is 0. The highest BCUT2D eigenvalue weighted by atomic mass is 32.1. The lowest BCUT2D eigenvalue weighted by atomic mass is 10.0. The molecule has 0 aliphatic rings. The Kier molecular flexibility index (Phi) is 3.97. The largest absolute Gasteiger partial charge is 0.354 e. The summed E-state index contributed by atoms with van der Waals surface area (Å²) in [4.78, 5) is 4.50. The van der Waals surface area contributed by atoms with Crippen molar-refractivity contribution in [2.24, 2.45) is 0 Å². The van der Waals surface area contributed by atoms with Crippen molar-refractivity contribution < 1.29 is 0 Å². The second-order valence-corrected chi connectivity index (χ2v) is 5.59. The zero-order chi connectivity index (χ0) is 13.1. The fourth-order valence-corrected chi connectivity index (χ4v) is 2.66. The van der Waals surface area contributed by atoms with Gasteiger partial charge in [0.2, 0.25) is 5.13 Å². The van der Waals surface area contributed by atoms with Gasteiger partial charge in [-0.3, -0.25) is 0 Å². The summed E-state index contributed by atoms with van der Waals surface area (Å²) in [6.45, 7) is 8.50. The molecular formula is C14H19N3S. The van der Waals surface area contributed by atoms with Crippen LogP contribution in [0.25, 0.3) is 0 Å². The SMILES string of the molecule is Cc1ccccc1C(C)Nc1nc(C(C)C)ns1. The van der Waals surface area contributed by atoms with Crippen LogP contribution in [0.5, 0.6) is 0 Å². The summed E-state index contributed by atoms with van der Waals surface area (Å²) < 4.78 is 4.35. The Balaban J connectivity index is 2.11. The fourth-order valence-electron chi connectivity index (χ4n) is 1.86. The first-order chi connectivity index (χ1) is 8.58. The Morgan fingerprint density at radius 3 is 2.50 bits per heavy atom. The highest BCUT2D eigenvalue weighted by Crippen LogP contribution is 2.24. The second kappa shape index (κ2) is 5.48. The molecule has 18 heavy (non-hydrogen) atoms. The van der Waals surface area contributed by atoms with Crippen molar-refractivity contribution in [3.8, 4) is 0 Å². The minimum Gasteiger partial charge on any atom is -0.354 e. The average molecular weight is 261 g/mol. The Labute approximate surface area is 112 Å². The number of nitrogens with zero attached hydrogens (tertiary/aromatic N) is 2. The number of aromatic nitrogens is 2. The first-order valence-electron chi connectivity index (χ1n) is 6.23. The summed E-state index contributed by atoms with van der Waals surface area (Å²) in [6, 6.07) is 8.66. The lowest BCUT2D eigenvalue weighted by molar-refractivity contribution is 0.794. The predicted molar refractivity (Wildman–Crippen MR) is 77.2 cm³/mol. The van der Waals surface area contributed by atoms with Gasteiger partial charge < -0.3 is 5.32 Å². The molecule has 1 unspecified atom stereocenters. The Morgan fingerprint density at radius 2 is 1.89 bits per heavy atom. The van der Waals surface area contributed by atoms with Crippen LogP contribution in [-0.2, 0) is 0 Å². The van der Waals surface area contributed by atoms with Gasteiger partial charge in [0, 0.05) is 17.5 Å². The van der Waals surface area contributed by atoms with Crippen LogP contribution in [-0.4, -0.2) is 9.36 Å². The standard InChI is InChI=1S/C14H19N3S/c1-9(2)13-16-14(18-17-13)15-11(4)12-8-6-5-7-10(12)3/h5-9,11H,1-4H3,(H,15,16,17). The lowest BCUT2D eigenvalue weighted by Gasteiger charge is -2.15. The highest BCUT2D eigenvalue weighted by molar-refractivity contribution is 7.09. The van der Waals surface area contributed by atoms with E-state index in [9.17, 15) is 0 Å². The molecule has 1 heterocycles. The first-order valence-corrected chi connectivity index (χ1v) is 7.01. The highest BCUT2D eigenvalue weighted by Gasteiger charge is 2.12. The van der Waals surface area contributed by atoms with E-state index in [1.54, 1.807) is 0 Å². The van der Waals surface area contributed by atoms with E-state index >= 15 is 0 Å². The van der Waals surface area contributed by atoms with Gasteiger partial charge in [0.15, 0.2) is 0 Å². The Hall–Kier alpha value is -1.42. The molecule has 0 amide bonds. The van der Waals surface area contributed by atoms with E-state index in [1.165, 1.54) is 22.7 Å². The van der Waals surface area contributed by atoms with Crippen LogP contribution in [0.3, 0.4) is 0 Å². The summed E-state index contributed by atoms with van der Waals surface area (Å²) >= 11 is 1.43. The molecule has 1 aromatic carbocycles. The third kappa shape index (κ3) is 2.88. The monoisotopic (exact) mass is 261 g/mol. The van der Waals surface area contributed by atoms with Crippen LogP contribution in [0.15, 0.2) is 24.3 Å². The zero-order valence-electron chi connectivity index (χ0n) is 11.3. The molecule has 2 aromatic rings. The van der Waals surface area contributed by atoms with E-state index < -0.39 is 0 Å². The number of hydrogen-bond acceptors (Lipinski definition) is 4. The molecular weight excluding hydrogens is 242 g/mol. The molecule has 0 aliphatic heterocycles. The maximum Gasteiger partial charge on any atom is 0.203 e. The van der Waals surface area contributed by atoms with Crippen molar-refractivity contribution in [1.29, 1.82) is 0 Å². The van der Waals surface area contributed by atoms with E-state index in [0.717, 1.165) is 11.0 Å². The number of anilines is 1. The average Bonchev–Trinajstić information content (AvgIpc) is 2.78. The molecule has 0 fully saturated rings. The van der Waals surface area contributed by atoms with E-state index in [0.29, 0.717) is 5.92 Å². The second-order valence-electron chi connectivity index (χ2n) is 4.84. The number of benzene rings is 1. The van der Waals surface area contributed by atoms with Gasteiger partial charge >= 0.3 is 0 Å². The van der Waals surface area contributed by atoms with Gasteiger partial charge in [-0.05, 0) is 25.0 Å². The van der Waals surface area contributed by atoms with Crippen molar-refractivity contribution >= 4 is 16.7 Å². The van der Waals surface area contributed by atoms with Gasteiger partial charge in [-0.15, -0.1) is 0 Å². The topological polar surface area (TPSA) is 37.8 Å². The maximum atomic E-state index is 4.50. The number of aryl methyl sites for hydroxylation is 1. The number of hydrogen-bond donors (Lipinski definition) is 1. The van der Waals surface area contributed by atoms with Crippen LogP contribution in [0, 0.1) is 6.92 Å². The van der Waals surface area contributed by atoms with Crippen molar-refractivity contribution in [3.63, 3.8) is 0 Å². The van der Waals surface area contributed by atoms with Gasteiger partial charge in [-0.25, -0.2) is 4.98 Å². The maximum absolute atomic E-state index is 4.50. The molecule has 0 bridgehead atoms. The Bertz CT molecular complexity index is 519. The van der Waals surface area contributed by atoms with Crippen LogP contribution in [0.1, 0.15) is 49.7 Å². The first kappa shape index (κ1) is 13.0. The molecule has 0 spiro atoms. The molecule has 2 rings (SSSR count). The van der Waals surface area contributed by atoms with E-state index in [4.69, 9.17) is 0 Å². The predicted octanol–water partition coefficient (Wildman–Crippen LogP) is 4.14. The van der Waals surface area contributed by atoms with Crippen molar-refractivity contribution in [2.75, 3.05) is 5.32 Å². The molecule has 1 atom stereocenters. The molecule has 4 heteroatoms. The summed E-state index contributed by atoms with van der Waals surface area (Å²) in [5.74, 6) is 1.30. The zero-order valence-corrected chi connectivity index (χ0v) is 12.1. The molecule has 0 aliphatic carbocycles. The lowest BCUT2D eigenvalue weighted by Crippen LogP contribution is -2.08. The third-order valence-corrected chi connectivity index (χ3v) is 3.61. The van der Waals surface area contributed by atoms with Crippen LogP contribution in [0.4, 0.5) is 5.13 Å². The Morgan fingerprint density at radius 1 is 1.17 bits per heavy atom. The van der Waals surface area contributed by atoms with Gasteiger partial charge in [-0.1, -0.05) is 38.1 Å². The van der Waals surface area contributed by atoms with Crippen molar-refractivity contribution in [3.05, 3.63) is 41.2 Å². The van der Waals surface area contributed by atoms with E-state index in [-0.39, 0.29) is 6.04 Å². The number of nitrogens with one attached hydrogen (secondary N) is 1. The van der Waals surface area contributed by atoms with Gasteiger partial charge in [0.1, 0.15) is 5.82 Å². The van der Waals surface area contributed by atoms with E-state index in [2.05, 4.69) is 66.6 Å². The number of rotatable bonds is 4. The van der Waals surface area contributed by atoms with Crippen LogP contribution in [0.2, 0.25) is 0 Å². The van der Waals surface area contributed by atoms with Gasteiger partial charge in [-0.2, -0.15) is 4.37 Å². The van der Waals surface area contributed by atoms with Crippen LogP contribution < -0.4 is 5.32 Å². The molecule has 1 N–H and O–H groups in total. The minimum atomic E-state index is 0.249. The smallest absolute Gasteiger partial charge is 0.203 e. The summed E-state index contributed by atoms with van der Waals surface area (Å²) in [5.41, 5.74) is 2.60. The normalized spacial score (nSPS) is 12.7. The fraction of sp³-hybridized carbons (Fsp3) is 0.429.